The van der Waals surface area contributed by atoms with Gasteiger partial charge in [-0.3, -0.25) is 4.79 Å². The Kier molecular flexibility index (Phi) is 3.59. The maximum absolute atomic E-state index is 12.5. The van der Waals surface area contributed by atoms with Crippen molar-refractivity contribution in [1.82, 2.24) is 5.32 Å². The monoisotopic (exact) mass is 197 g/mol. The van der Waals surface area contributed by atoms with Crippen LogP contribution in [0.25, 0.3) is 0 Å². The first-order valence-electron chi connectivity index (χ1n) is 4.30. The van der Waals surface area contributed by atoms with Gasteiger partial charge in [0.25, 0.3) is 5.91 Å². The number of amides is 1. The highest BCUT2D eigenvalue weighted by Crippen LogP contribution is 2.02. The molecule has 14 heavy (non-hydrogen) atoms. The molecule has 0 bridgehead atoms. The van der Waals surface area contributed by atoms with Crippen LogP contribution >= 0.6 is 0 Å². The summed E-state index contributed by atoms with van der Waals surface area (Å²) in [4.78, 5) is 11.4. The molecule has 0 unspecified atom stereocenters. The van der Waals surface area contributed by atoms with Crippen LogP contribution in [0.2, 0.25) is 0 Å². The summed E-state index contributed by atoms with van der Waals surface area (Å²) < 4.78 is 12.5. The van der Waals surface area contributed by atoms with E-state index in [0.29, 0.717) is 5.56 Å². The lowest BCUT2D eigenvalue weighted by Crippen LogP contribution is -2.34. The van der Waals surface area contributed by atoms with Crippen LogP contribution in [0.5, 0.6) is 0 Å². The average Bonchev–Trinajstić information content (AvgIpc) is 2.18. The van der Waals surface area contributed by atoms with Gasteiger partial charge in [0.2, 0.25) is 0 Å². The van der Waals surface area contributed by atoms with Gasteiger partial charge in [0.05, 0.1) is 6.61 Å². The third kappa shape index (κ3) is 2.81. The Hall–Kier alpha value is -1.42. The highest BCUT2D eigenvalue weighted by Gasteiger charge is 2.08. The predicted molar refractivity (Wildman–Crippen MR) is 50.4 cm³/mol. The Labute approximate surface area is 81.6 Å². The number of benzene rings is 1. The fraction of sp³-hybridized carbons (Fsp3) is 0.300. The first-order valence-corrected chi connectivity index (χ1v) is 4.30. The van der Waals surface area contributed by atoms with Crippen LogP contribution in [0.4, 0.5) is 4.39 Å². The summed E-state index contributed by atoms with van der Waals surface area (Å²) in [5.41, 5.74) is 0.381. The lowest BCUT2D eigenvalue weighted by Gasteiger charge is -2.10. The molecule has 0 aliphatic rings. The van der Waals surface area contributed by atoms with Crippen molar-refractivity contribution in [2.24, 2.45) is 0 Å². The molecule has 3 nitrogen and oxygen atoms in total. The molecule has 0 aliphatic carbocycles. The van der Waals surface area contributed by atoms with Gasteiger partial charge < -0.3 is 10.4 Å². The number of nitrogens with one attached hydrogen (secondary N) is 1. The molecule has 2 N–H and O–H groups in total. The number of carbonyl (C=O) groups is 1. The second-order valence-corrected chi connectivity index (χ2v) is 3.06. The molecule has 0 radical (unpaired) electrons. The first kappa shape index (κ1) is 10.7. The fourth-order valence-corrected chi connectivity index (χ4v) is 0.954. The molecule has 1 atom stereocenters. The van der Waals surface area contributed by atoms with Gasteiger partial charge in [-0.1, -0.05) is 0 Å². The molecule has 1 aromatic rings. The van der Waals surface area contributed by atoms with E-state index in [1.807, 2.05) is 0 Å². The topological polar surface area (TPSA) is 49.3 Å². The van der Waals surface area contributed by atoms with Gasteiger partial charge in [0.15, 0.2) is 0 Å². The van der Waals surface area contributed by atoms with Crippen molar-refractivity contribution in [3.63, 3.8) is 0 Å². The zero-order chi connectivity index (χ0) is 10.6. The van der Waals surface area contributed by atoms with E-state index in [2.05, 4.69) is 5.32 Å². The van der Waals surface area contributed by atoms with Crippen LogP contribution < -0.4 is 5.32 Å². The minimum absolute atomic E-state index is 0.118. The number of halogens is 1. The summed E-state index contributed by atoms with van der Waals surface area (Å²) in [5, 5.41) is 11.3. The fourth-order valence-electron chi connectivity index (χ4n) is 0.954. The molecule has 0 saturated heterocycles. The summed E-state index contributed by atoms with van der Waals surface area (Å²) in [6, 6.07) is 4.94. The third-order valence-corrected chi connectivity index (χ3v) is 1.76. The molecule has 0 saturated carbocycles. The molecule has 4 heteroatoms. The van der Waals surface area contributed by atoms with Crippen molar-refractivity contribution in [3.8, 4) is 0 Å². The van der Waals surface area contributed by atoms with E-state index < -0.39 is 0 Å². The summed E-state index contributed by atoms with van der Waals surface area (Å²) in [6.07, 6.45) is 0. The maximum atomic E-state index is 12.5. The number of aliphatic hydroxyl groups is 1. The van der Waals surface area contributed by atoms with Gasteiger partial charge in [0.1, 0.15) is 5.82 Å². The summed E-state index contributed by atoms with van der Waals surface area (Å²) >= 11 is 0. The van der Waals surface area contributed by atoms with Crippen LogP contribution in [0.3, 0.4) is 0 Å². The SMILES string of the molecule is C[C@@H](CO)NC(=O)c1ccc(F)cc1. The molecular weight excluding hydrogens is 185 g/mol. The molecule has 0 aliphatic heterocycles. The standard InChI is InChI=1S/C10H12FNO2/c1-7(6-13)12-10(14)8-2-4-9(11)5-3-8/h2-5,7,13H,6H2,1H3,(H,12,14)/t7-/m0/s1. The number of carbonyl (C=O) groups excluding carboxylic acids is 1. The average molecular weight is 197 g/mol. The summed E-state index contributed by atoms with van der Waals surface area (Å²) in [5.74, 6) is -0.691. The second kappa shape index (κ2) is 4.72. The van der Waals surface area contributed by atoms with Crippen molar-refractivity contribution < 1.29 is 14.3 Å². The molecular formula is C10H12FNO2. The first-order chi connectivity index (χ1) is 6.63. The number of aliphatic hydroxyl groups excluding tert-OH is 1. The highest BCUT2D eigenvalue weighted by molar-refractivity contribution is 5.94. The van der Waals surface area contributed by atoms with Gasteiger partial charge >= 0.3 is 0 Å². The van der Waals surface area contributed by atoms with E-state index in [9.17, 15) is 9.18 Å². The maximum Gasteiger partial charge on any atom is 0.251 e. The van der Waals surface area contributed by atoms with E-state index in [0.717, 1.165) is 0 Å². The lowest BCUT2D eigenvalue weighted by molar-refractivity contribution is 0.0922. The molecule has 1 amide bonds. The van der Waals surface area contributed by atoms with Crippen LogP contribution in [0, 0.1) is 5.82 Å². The second-order valence-electron chi connectivity index (χ2n) is 3.06. The zero-order valence-electron chi connectivity index (χ0n) is 7.83. The normalized spacial score (nSPS) is 12.2. The van der Waals surface area contributed by atoms with E-state index in [1.54, 1.807) is 6.92 Å². The Morgan fingerprint density at radius 1 is 1.50 bits per heavy atom. The number of rotatable bonds is 3. The van der Waals surface area contributed by atoms with Crippen LogP contribution in [-0.2, 0) is 0 Å². The van der Waals surface area contributed by atoms with Crippen LogP contribution in [0.15, 0.2) is 24.3 Å². The smallest absolute Gasteiger partial charge is 0.251 e. The van der Waals surface area contributed by atoms with Gasteiger partial charge in [0, 0.05) is 11.6 Å². The molecule has 1 aromatic carbocycles. The number of hydrogen-bond acceptors (Lipinski definition) is 2. The van der Waals surface area contributed by atoms with E-state index in [-0.39, 0.29) is 24.4 Å². The molecule has 1 rings (SSSR count). The van der Waals surface area contributed by atoms with Crippen molar-refractivity contribution in [3.05, 3.63) is 35.6 Å². The van der Waals surface area contributed by atoms with Gasteiger partial charge in [-0.2, -0.15) is 0 Å². The van der Waals surface area contributed by atoms with Gasteiger partial charge in [-0.05, 0) is 31.2 Å². The van der Waals surface area contributed by atoms with Crippen LogP contribution in [0.1, 0.15) is 17.3 Å². The Morgan fingerprint density at radius 2 is 2.07 bits per heavy atom. The van der Waals surface area contributed by atoms with Crippen molar-refractivity contribution in [2.75, 3.05) is 6.61 Å². The number of hydrogen-bond donors (Lipinski definition) is 2. The Balaban J connectivity index is 2.65. The predicted octanol–water partition coefficient (Wildman–Crippen LogP) is 0.936. The van der Waals surface area contributed by atoms with Crippen molar-refractivity contribution in [2.45, 2.75) is 13.0 Å². The van der Waals surface area contributed by atoms with E-state index >= 15 is 0 Å². The zero-order valence-corrected chi connectivity index (χ0v) is 7.83. The largest absolute Gasteiger partial charge is 0.394 e. The molecule has 0 fully saturated rings. The van der Waals surface area contributed by atoms with Crippen molar-refractivity contribution >= 4 is 5.91 Å². The van der Waals surface area contributed by atoms with Gasteiger partial charge in [-0.15, -0.1) is 0 Å². The highest BCUT2D eigenvalue weighted by atomic mass is 19.1. The molecule has 0 aromatic heterocycles. The quantitative estimate of drug-likeness (QED) is 0.757. The Morgan fingerprint density at radius 3 is 2.57 bits per heavy atom. The third-order valence-electron chi connectivity index (χ3n) is 1.76. The molecule has 76 valence electrons. The minimum Gasteiger partial charge on any atom is -0.394 e. The van der Waals surface area contributed by atoms with E-state index in [1.165, 1.54) is 24.3 Å². The summed E-state index contributed by atoms with van der Waals surface area (Å²) in [6.45, 7) is 1.56. The lowest BCUT2D eigenvalue weighted by atomic mass is 10.2. The van der Waals surface area contributed by atoms with Crippen molar-refractivity contribution in [1.29, 1.82) is 0 Å². The Bertz CT molecular complexity index is 310. The minimum atomic E-state index is -0.378. The molecule has 0 heterocycles. The summed E-state index contributed by atoms with van der Waals surface area (Å²) in [7, 11) is 0. The van der Waals surface area contributed by atoms with Crippen LogP contribution in [-0.4, -0.2) is 23.7 Å². The van der Waals surface area contributed by atoms with Gasteiger partial charge in [-0.25, -0.2) is 4.39 Å². The van der Waals surface area contributed by atoms with E-state index in [4.69, 9.17) is 5.11 Å². The molecule has 0 spiro atoms.